The first-order valence-corrected chi connectivity index (χ1v) is 6.29. The SMILES string of the molecule is COc1ccc(CN)cc1C(=O)NCc1nc[nH]c1C. The fourth-order valence-electron chi connectivity index (χ4n) is 1.88. The average molecular weight is 274 g/mol. The lowest BCUT2D eigenvalue weighted by Crippen LogP contribution is -2.24. The quantitative estimate of drug-likeness (QED) is 0.761. The Morgan fingerprint density at radius 3 is 2.90 bits per heavy atom. The second-order valence-corrected chi connectivity index (χ2v) is 4.40. The highest BCUT2D eigenvalue weighted by atomic mass is 16.5. The Bertz CT molecular complexity index is 607. The normalized spacial score (nSPS) is 10.3. The molecule has 6 nitrogen and oxygen atoms in total. The molecule has 0 aliphatic heterocycles. The van der Waals surface area contributed by atoms with Crippen LogP contribution in [0.3, 0.4) is 0 Å². The molecule has 0 bridgehead atoms. The van der Waals surface area contributed by atoms with E-state index in [1.54, 1.807) is 18.5 Å². The molecule has 2 rings (SSSR count). The number of nitrogens with zero attached hydrogens (tertiary/aromatic N) is 1. The number of carbonyl (C=O) groups excluding carboxylic acids is 1. The molecule has 0 atom stereocenters. The Labute approximate surface area is 117 Å². The monoisotopic (exact) mass is 274 g/mol. The van der Waals surface area contributed by atoms with Crippen LogP contribution in [0.5, 0.6) is 5.75 Å². The van der Waals surface area contributed by atoms with Gasteiger partial charge in [-0.2, -0.15) is 0 Å². The molecule has 0 radical (unpaired) electrons. The first-order chi connectivity index (χ1) is 9.65. The predicted octanol–water partition coefficient (Wildman–Crippen LogP) is 1.12. The summed E-state index contributed by atoms with van der Waals surface area (Å²) in [6.45, 7) is 2.65. The van der Waals surface area contributed by atoms with Crippen molar-refractivity contribution in [1.29, 1.82) is 0 Å². The summed E-state index contributed by atoms with van der Waals surface area (Å²) in [6.07, 6.45) is 1.60. The molecule has 0 saturated carbocycles. The summed E-state index contributed by atoms with van der Waals surface area (Å²) < 4.78 is 5.20. The summed E-state index contributed by atoms with van der Waals surface area (Å²) >= 11 is 0. The maximum absolute atomic E-state index is 12.2. The van der Waals surface area contributed by atoms with E-state index in [0.717, 1.165) is 17.0 Å². The third-order valence-electron chi connectivity index (χ3n) is 3.09. The van der Waals surface area contributed by atoms with Crippen molar-refractivity contribution < 1.29 is 9.53 Å². The van der Waals surface area contributed by atoms with E-state index in [9.17, 15) is 4.79 Å². The van der Waals surface area contributed by atoms with Gasteiger partial charge in [0.1, 0.15) is 5.75 Å². The number of hydrogen-bond acceptors (Lipinski definition) is 4. The molecule has 0 fully saturated rings. The van der Waals surface area contributed by atoms with Crippen LogP contribution in [0.4, 0.5) is 0 Å². The standard InChI is InChI=1S/C14H18N4O2/c1-9-12(18-8-17-9)7-16-14(19)11-5-10(6-15)3-4-13(11)20-2/h3-5,8H,6-7,15H2,1-2H3,(H,16,19)(H,17,18). The van der Waals surface area contributed by atoms with E-state index in [-0.39, 0.29) is 5.91 Å². The zero-order valence-corrected chi connectivity index (χ0v) is 11.6. The van der Waals surface area contributed by atoms with Gasteiger partial charge < -0.3 is 20.8 Å². The van der Waals surface area contributed by atoms with Crippen LogP contribution in [0.25, 0.3) is 0 Å². The maximum Gasteiger partial charge on any atom is 0.255 e. The fraction of sp³-hybridized carbons (Fsp3) is 0.286. The molecular formula is C14H18N4O2. The van der Waals surface area contributed by atoms with Gasteiger partial charge in [-0.3, -0.25) is 4.79 Å². The molecule has 0 aliphatic carbocycles. The van der Waals surface area contributed by atoms with E-state index < -0.39 is 0 Å². The summed E-state index contributed by atoms with van der Waals surface area (Å²) in [6, 6.07) is 5.33. The molecule has 1 amide bonds. The van der Waals surface area contributed by atoms with E-state index in [1.807, 2.05) is 13.0 Å². The maximum atomic E-state index is 12.2. The Morgan fingerprint density at radius 2 is 2.30 bits per heavy atom. The smallest absolute Gasteiger partial charge is 0.255 e. The largest absolute Gasteiger partial charge is 0.496 e. The zero-order chi connectivity index (χ0) is 14.5. The molecule has 1 heterocycles. The van der Waals surface area contributed by atoms with Crippen LogP contribution in [0.1, 0.15) is 27.3 Å². The first-order valence-electron chi connectivity index (χ1n) is 6.29. The van der Waals surface area contributed by atoms with Gasteiger partial charge in [0.2, 0.25) is 0 Å². The summed E-state index contributed by atoms with van der Waals surface area (Å²) in [4.78, 5) is 19.3. The number of H-pyrrole nitrogens is 1. The first kappa shape index (κ1) is 14.1. The van der Waals surface area contributed by atoms with E-state index in [1.165, 1.54) is 7.11 Å². The highest BCUT2D eigenvalue weighted by Gasteiger charge is 2.13. The number of aromatic nitrogens is 2. The Balaban J connectivity index is 2.14. The second-order valence-electron chi connectivity index (χ2n) is 4.40. The zero-order valence-electron chi connectivity index (χ0n) is 11.6. The fourth-order valence-corrected chi connectivity index (χ4v) is 1.88. The van der Waals surface area contributed by atoms with Crippen molar-refractivity contribution in [2.24, 2.45) is 5.73 Å². The van der Waals surface area contributed by atoms with Crippen LogP contribution >= 0.6 is 0 Å². The molecule has 2 aromatic rings. The molecule has 20 heavy (non-hydrogen) atoms. The number of aromatic amines is 1. The lowest BCUT2D eigenvalue weighted by atomic mass is 10.1. The van der Waals surface area contributed by atoms with Gasteiger partial charge in [-0.15, -0.1) is 0 Å². The number of nitrogens with one attached hydrogen (secondary N) is 2. The summed E-state index contributed by atoms with van der Waals surface area (Å²) in [5.41, 5.74) is 8.70. The van der Waals surface area contributed by atoms with Crippen LogP contribution in [0, 0.1) is 6.92 Å². The van der Waals surface area contributed by atoms with Gasteiger partial charge in [-0.1, -0.05) is 6.07 Å². The van der Waals surface area contributed by atoms with Crippen molar-refractivity contribution in [1.82, 2.24) is 15.3 Å². The molecular weight excluding hydrogens is 256 g/mol. The van der Waals surface area contributed by atoms with E-state index in [2.05, 4.69) is 15.3 Å². The van der Waals surface area contributed by atoms with Crippen molar-refractivity contribution in [3.05, 3.63) is 47.0 Å². The van der Waals surface area contributed by atoms with Crippen molar-refractivity contribution in [3.8, 4) is 5.75 Å². The summed E-state index contributed by atoms with van der Waals surface area (Å²) in [5.74, 6) is 0.318. The Hall–Kier alpha value is -2.34. The van der Waals surface area contributed by atoms with Gasteiger partial charge in [0.15, 0.2) is 0 Å². The van der Waals surface area contributed by atoms with Crippen molar-refractivity contribution >= 4 is 5.91 Å². The van der Waals surface area contributed by atoms with Gasteiger partial charge in [-0.25, -0.2) is 4.98 Å². The summed E-state index contributed by atoms with van der Waals surface area (Å²) in [5, 5.41) is 2.83. The van der Waals surface area contributed by atoms with Crippen molar-refractivity contribution in [2.45, 2.75) is 20.0 Å². The number of hydrogen-bond donors (Lipinski definition) is 3. The van der Waals surface area contributed by atoms with E-state index in [4.69, 9.17) is 10.5 Å². The van der Waals surface area contributed by atoms with Crippen LogP contribution in [-0.4, -0.2) is 23.0 Å². The number of imidazole rings is 1. The van der Waals surface area contributed by atoms with Gasteiger partial charge in [-0.05, 0) is 24.6 Å². The molecule has 0 saturated heterocycles. The van der Waals surface area contributed by atoms with Crippen LogP contribution in [0.15, 0.2) is 24.5 Å². The number of amides is 1. The third-order valence-corrected chi connectivity index (χ3v) is 3.09. The number of nitrogens with two attached hydrogens (primary N) is 1. The number of aryl methyl sites for hydroxylation is 1. The number of carbonyl (C=O) groups is 1. The highest BCUT2D eigenvalue weighted by Crippen LogP contribution is 2.19. The van der Waals surface area contributed by atoms with Crippen LogP contribution in [-0.2, 0) is 13.1 Å². The number of methoxy groups -OCH3 is 1. The lowest BCUT2D eigenvalue weighted by Gasteiger charge is -2.10. The van der Waals surface area contributed by atoms with E-state index >= 15 is 0 Å². The topological polar surface area (TPSA) is 93.0 Å². The Kier molecular flexibility index (Phi) is 4.37. The number of benzene rings is 1. The second kappa shape index (κ2) is 6.21. The molecule has 0 spiro atoms. The highest BCUT2D eigenvalue weighted by molar-refractivity contribution is 5.97. The van der Waals surface area contributed by atoms with Crippen molar-refractivity contribution in [3.63, 3.8) is 0 Å². The van der Waals surface area contributed by atoms with Gasteiger partial charge in [0, 0.05) is 12.2 Å². The molecule has 0 unspecified atom stereocenters. The minimum absolute atomic E-state index is 0.209. The number of ether oxygens (including phenoxy) is 1. The molecule has 0 aliphatic rings. The van der Waals surface area contributed by atoms with Crippen molar-refractivity contribution in [2.75, 3.05) is 7.11 Å². The Morgan fingerprint density at radius 1 is 1.50 bits per heavy atom. The van der Waals surface area contributed by atoms with Crippen LogP contribution in [0.2, 0.25) is 0 Å². The molecule has 4 N–H and O–H groups in total. The van der Waals surface area contributed by atoms with Gasteiger partial charge in [0.25, 0.3) is 5.91 Å². The van der Waals surface area contributed by atoms with E-state index in [0.29, 0.717) is 24.4 Å². The molecule has 6 heteroatoms. The average Bonchev–Trinajstić information content (AvgIpc) is 2.89. The minimum atomic E-state index is -0.209. The predicted molar refractivity (Wildman–Crippen MR) is 75.4 cm³/mol. The minimum Gasteiger partial charge on any atom is -0.496 e. The third kappa shape index (κ3) is 2.97. The molecule has 1 aromatic heterocycles. The lowest BCUT2D eigenvalue weighted by molar-refractivity contribution is 0.0947. The number of rotatable bonds is 5. The summed E-state index contributed by atoms with van der Waals surface area (Å²) in [7, 11) is 1.53. The van der Waals surface area contributed by atoms with Crippen LogP contribution < -0.4 is 15.8 Å². The van der Waals surface area contributed by atoms with Gasteiger partial charge >= 0.3 is 0 Å². The van der Waals surface area contributed by atoms with Gasteiger partial charge in [0.05, 0.1) is 31.2 Å². The molecule has 106 valence electrons. The molecule has 1 aromatic carbocycles.